The van der Waals surface area contributed by atoms with Gasteiger partial charge in [0.25, 0.3) is 5.91 Å². The highest BCUT2D eigenvalue weighted by atomic mass is 32.2. The molecular formula is C25H28N2O4S. The molecule has 1 amide bonds. The molecule has 0 unspecified atom stereocenters. The number of anilines is 1. The third-order valence-corrected chi connectivity index (χ3v) is 6.20. The van der Waals surface area contributed by atoms with Crippen LogP contribution in [0.4, 0.5) is 5.69 Å². The second-order valence-corrected chi connectivity index (χ2v) is 9.41. The Labute approximate surface area is 189 Å². The van der Waals surface area contributed by atoms with Crippen LogP contribution < -0.4 is 14.4 Å². The van der Waals surface area contributed by atoms with Crippen LogP contribution in [0.2, 0.25) is 0 Å². The summed E-state index contributed by atoms with van der Waals surface area (Å²) in [6, 6.07) is 21.8. The Morgan fingerprint density at radius 3 is 2.38 bits per heavy atom. The van der Waals surface area contributed by atoms with Crippen LogP contribution in [0.5, 0.6) is 5.75 Å². The number of sulfonamides is 1. The van der Waals surface area contributed by atoms with Crippen LogP contribution in [0.3, 0.4) is 0 Å². The van der Waals surface area contributed by atoms with E-state index in [0.717, 1.165) is 22.4 Å². The molecule has 32 heavy (non-hydrogen) atoms. The number of benzene rings is 3. The molecule has 3 rings (SSSR count). The molecule has 7 heteroatoms. The number of rotatable bonds is 9. The van der Waals surface area contributed by atoms with Crippen molar-refractivity contribution in [2.24, 2.45) is 0 Å². The molecule has 0 aromatic heterocycles. The number of nitrogens with zero attached hydrogens (tertiary/aromatic N) is 1. The topological polar surface area (TPSA) is 75.7 Å². The highest BCUT2D eigenvalue weighted by molar-refractivity contribution is 7.92. The van der Waals surface area contributed by atoms with E-state index >= 15 is 0 Å². The summed E-state index contributed by atoms with van der Waals surface area (Å²) in [7, 11) is -3.50. The van der Waals surface area contributed by atoms with Gasteiger partial charge in [0.15, 0.2) is 0 Å². The minimum Gasteiger partial charge on any atom is -0.494 e. The zero-order valence-corrected chi connectivity index (χ0v) is 19.4. The van der Waals surface area contributed by atoms with Crippen LogP contribution in [-0.2, 0) is 23.1 Å². The largest absolute Gasteiger partial charge is 0.494 e. The van der Waals surface area contributed by atoms with E-state index in [4.69, 9.17) is 4.74 Å². The molecule has 0 aliphatic rings. The molecule has 3 aromatic rings. The van der Waals surface area contributed by atoms with Crippen LogP contribution in [-0.4, -0.2) is 27.2 Å². The first-order valence-corrected chi connectivity index (χ1v) is 12.2. The molecule has 1 N–H and O–H groups in total. The van der Waals surface area contributed by atoms with Crippen molar-refractivity contribution >= 4 is 21.6 Å². The highest BCUT2D eigenvalue weighted by Crippen LogP contribution is 2.22. The number of hydrogen-bond acceptors (Lipinski definition) is 4. The SMILES string of the molecule is CCOc1cccc(CNC(=O)c2ccc(N(Cc3ccccc3C)S(C)(=O)=O)cc2)c1. The van der Waals surface area contributed by atoms with Gasteiger partial charge in [0.2, 0.25) is 10.0 Å². The van der Waals surface area contributed by atoms with E-state index in [9.17, 15) is 13.2 Å². The fourth-order valence-corrected chi connectivity index (χ4v) is 4.20. The van der Waals surface area contributed by atoms with Crippen molar-refractivity contribution in [1.29, 1.82) is 0 Å². The monoisotopic (exact) mass is 452 g/mol. The summed E-state index contributed by atoms with van der Waals surface area (Å²) in [5.74, 6) is 0.529. The molecule has 0 aliphatic carbocycles. The summed E-state index contributed by atoms with van der Waals surface area (Å²) < 4.78 is 31.7. The van der Waals surface area contributed by atoms with Gasteiger partial charge in [0.05, 0.1) is 25.1 Å². The first kappa shape index (κ1) is 23.3. The van der Waals surface area contributed by atoms with Crippen molar-refractivity contribution in [2.45, 2.75) is 26.9 Å². The van der Waals surface area contributed by atoms with E-state index in [1.165, 1.54) is 10.6 Å². The zero-order valence-electron chi connectivity index (χ0n) is 18.5. The first-order chi connectivity index (χ1) is 15.3. The second kappa shape index (κ2) is 10.3. The Balaban J connectivity index is 1.71. The number of amides is 1. The molecule has 0 spiro atoms. The molecule has 0 aliphatic heterocycles. The van der Waals surface area contributed by atoms with Crippen molar-refractivity contribution in [3.8, 4) is 5.75 Å². The van der Waals surface area contributed by atoms with Crippen LogP contribution in [0.15, 0.2) is 72.8 Å². The van der Waals surface area contributed by atoms with Crippen molar-refractivity contribution in [3.05, 3.63) is 95.1 Å². The summed E-state index contributed by atoms with van der Waals surface area (Å²) in [6.45, 7) is 5.05. The lowest BCUT2D eigenvalue weighted by molar-refractivity contribution is 0.0951. The van der Waals surface area contributed by atoms with Gasteiger partial charge in [-0.3, -0.25) is 9.10 Å². The van der Waals surface area contributed by atoms with Gasteiger partial charge in [0, 0.05) is 12.1 Å². The maximum atomic E-state index is 12.6. The second-order valence-electron chi connectivity index (χ2n) is 7.51. The maximum absolute atomic E-state index is 12.6. The molecule has 0 heterocycles. The average Bonchev–Trinajstić information content (AvgIpc) is 2.77. The van der Waals surface area contributed by atoms with Gasteiger partial charge in [-0.15, -0.1) is 0 Å². The number of carbonyl (C=O) groups excluding carboxylic acids is 1. The number of hydrogen-bond donors (Lipinski definition) is 1. The highest BCUT2D eigenvalue weighted by Gasteiger charge is 2.19. The molecule has 0 bridgehead atoms. The van der Waals surface area contributed by atoms with Gasteiger partial charge in [-0.2, -0.15) is 0 Å². The molecule has 0 saturated carbocycles. The van der Waals surface area contributed by atoms with Crippen LogP contribution >= 0.6 is 0 Å². The normalized spacial score (nSPS) is 11.1. The quantitative estimate of drug-likeness (QED) is 0.526. The van der Waals surface area contributed by atoms with E-state index in [2.05, 4.69) is 5.32 Å². The van der Waals surface area contributed by atoms with Crippen LogP contribution in [0, 0.1) is 6.92 Å². The fraction of sp³-hybridized carbons (Fsp3) is 0.240. The number of carbonyl (C=O) groups is 1. The maximum Gasteiger partial charge on any atom is 0.251 e. The minimum absolute atomic E-state index is 0.229. The summed E-state index contributed by atoms with van der Waals surface area (Å²) in [4.78, 5) is 12.6. The zero-order chi connectivity index (χ0) is 23.1. The number of aryl methyl sites for hydroxylation is 1. The summed E-state index contributed by atoms with van der Waals surface area (Å²) in [5, 5.41) is 2.88. The third-order valence-electron chi connectivity index (χ3n) is 5.06. The third kappa shape index (κ3) is 6.11. The van der Waals surface area contributed by atoms with Gasteiger partial charge >= 0.3 is 0 Å². The van der Waals surface area contributed by atoms with E-state index in [1.54, 1.807) is 24.3 Å². The lowest BCUT2D eigenvalue weighted by Crippen LogP contribution is -2.29. The molecule has 168 valence electrons. The smallest absolute Gasteiger partial charge is 0.251 e. The van der Waals surface area contributed by atoms with E-state index in [-0.39, 0.29) is 12.5 Å². The molecule has 0 saturated heterocycles. The van der Waals surface area contributed by atoms with Crippen molar-refractivity contribution in [2.75, 3.05) is 17.2 Å². The van der Waals surface area contributed by atoms with Crippen molar-refractivity contribution < 1.29 is 17.9 Å². The summed E-state index contributed by atoms with van der Waals surface area (Å²) in [5.41, 5.74) is 3.85. The lowest BCUT2D eigenvalue weighted by Gasteiger charge is -2.23. The minimum atomic E-state index is -3.50. The standard InChI is InChI=1S/C25H28N2O4S/c1-4-31-24-11-7-9-20(16-24)17-26-25(28)21-12-14-23(15-13-21)27(32(3,29)30)18-22-10-6-5-8-19(22)2/h5-16H,4,17-18H2,1-3H3,(H,26,28). The van der Waals surface area contributed by atoms with E-state index in [0.29, 0.717) is 24.4 Å². The predicted octanol–water partition coefficient (Wildman–Crippen LogP) is 4.29. The number of ether oxygens (including phenoxy) is 1. The van der Waals surface area contributed by atoms with Gasteiger partial charge in [0.1, 0.15) is 5.75 Å². The van der Waals surface area contributed by atoms with Gasteiger partial charge < -0.3 is 10.1 Å². The Morgan fingerprint density at radius 1 is 1.00 bits per heavy atom. The average molecular weight is 453 g/mol. The van der Waals surface area contributed by atoms with Gasteiger partial charge in [-0.05, 0) is 66.9 Å². The molecule has 0 atom stereocenters. The van der Waals surface area contributed by atoms with Crippen molar-refractivity contribution in [3.63, 3.8) is 0 Å². The summed E-state index contributed by atoms with van der Waals surface area (Å²) in [6.07, 6.45) is 1.18. The molecular weight excluding hydrogens is 424 g/mol. The van der Waals surface area contributed by atoms with Gasteiger partial charge in [-0.25, -0.2) is 8.42 Å². The molecule has 6 nitrogen and oxygen atoms in total. The Bertz CT molecular complexity index is 1170. The fourth-order valence-electron chi connectivity index (χ4n) is 3.32. The Hall–Kier alpha value is -3.32. The Kier molecular flexibility index (Phi) is 7.53. The predicted molar refractivity (Wildman–Crippen MR) is 127 cm³/mol. The van der Waals surface area contributed by atoms with Crippen molar-refractivity contribution in [1.82, 2.24) is 5.32 Å². The molecule has 0 radical (unpaired) electrons. The van der Waals surface area contributed by atoms with Crippen LogP contribution in [0.25, 0.3) is 0 Å². The molecule has 0 fully saturated rings. The van der Waals surface area contributed by atoms with E-state index < -0.39 is 10.0 Å². The van der Waals surface area contributed by atoms with Gasteiger partial charge in [-0.1, -0.05) is 36.4 Å². The number of nitrogens with one attached hydrogen (secondary N) is 1. The molecule has 3 aromatic carbocycles. The summed E-state index contributed by atoms with van der Waals surface area (Å²) >= 11 is 0. The lowest BCUT2D eigenvalue weighted by atomic mass is 10.1. The van der Waals surface area contributed by atoms with E-state index in [1.807, 2.05) is 62.4 Å². The van der Waals surface area contributed by atoms with Crippen LogP contribution in [0.1, 0.15) is 34.0 Å². The first-order valence-electron chi connectivity index (χ1n) is 10.4. The Morgan fingerprint density at radius 2 is 1.72 bits per heavy atom.